The maximum atomic E-state index is 10.4. The fraction of sp³-hybridized carbons (Fsp3) is 0.412. The molecular formula is C17H22O2. The van der Waals surface area contributed by atoms with Crippen LogP contribution in [0, 0.1) is 5.92 Å². The van der Waals surface area contributed by atoms with Gasteiger partial charge in [0.25, 0.3) is 0 Å². The maximum absolute atomic E-state index is 10.4. The summed E-state index contributed by atoms with van der Waals surface area (Å²) >= 11 is 0. The van der Waals surface area contributed by atoms with Crippen molar-refractivity contribution in [2.75, 3.05) is 7.11 Å². The smallest absolute Gasteiger partial charge is 0.126 e. The van der Waals surface area contributed by atoms with Crippen LogP contribution in [-0.4, -0.2) is 12.2 Å². The van der Waals surface area contributed by atoms with Crippen molar-refractivity contribution in [3.8, 4) is 5.75 Å². The van der Waals surface area contributed by atoms with E-state index in [9.17, 15) is 5.11 Å². The Kier molecular flexibility index (Phi) is 4.43. The van der Waals surface area contributed by atoms with Crippen molar-refractivity contribution in [1.82, 2.24) is 0 Å². The molecule has 0 bridgehead atoms. The fourth-order valence-corrected chi connectivity index (χ4v) is 2.41. The Morgan fingerprint density at radius 2 is 1.68 bits per heavy atom. The summed E-state index contributed by atoms with van der Waals surface area (Å²) in [6.07, 6.45) is 1.42. The normalized spacial score (nSPS) is 12.9. The molecule has 2 aromatic rings. The van der Waals surface area contributed by atoms with Gasteiger partial charge in [-0.2, -0.15) is 0 Å². The highest BCUT2D eigenvalue weighted by molar-refractivity contribution is 5.91. The number of fused-ring (bicyclic) bond motifs is 1. The van der Waals surface area contributed by atoms with Gasteiger partial charge in [-0.15, -0.1) is 0 Å². The first-order valence-electron chi connectivity index (χ1n) is 6.87. The third-order valence-electron chi connectivity index (χ3n) is 3.51. The van der Waals surface area contributed by atoms with Gasteiger partial charge in [0.15, 0.2) is 0 Å². The quantitative estimate of drug-likeness (QED) is 0.865. The van der Waals surface area contributed by atoms with Crippen molar-refractivity contribution in [2.45, 2.75) is 32.8 Å². The molecule has 0 fully saturated rings. The van der Waals surface area contributed by atoms with E-state index in [0.29, 0.717) is 5.92 Å². The van der Waals surface area contributed by atoms with Gasteiger partial charge in [-0.25, -0.2) is 0 Å². The summed E-state index contributed by atoms with van der Waals surface area (Å²) in [4.78, 5) is 0. The van der Waals surface area contributed by atoms with E-state index in [1.807, 2.05) is 36.4 Å². The number of rotatable bonds is 5. The van der Waals surface area contributed by atoms with Gasteiger partial charge in [0, 0.05) is 5.39 Å². The Bertz CT molecular complexity index is 546. The molecule has 19 heavy (non-hydrogen) atoms. The molecule has 1 unspecified atom stereocenters. The first kappa shape index (κ1) is 13.9. The number of ether oxygens (including phenoxy) is 1. The van der Waals surface area contributed by atoms with Crippen LogP contribution in [0.4, 0.5) is 0 Å². The van der Waals surface area contributed by atoms with E-state index < -0.39 is 6.10 Å². The van der Waals surface area contributed by atoms with E-state index in [1.165, 1.54) is 0 Å². The summed E-state index contributed by atoms with van der Waals surface area (Å²) in [6.45, 7) is 4.36. The lowest BCUT2D eigenvalue weighted by Crippen LogP contribution is -2.01. The van der Waals surface area contributed by atoms with Gasteiger partial charge in [-0.3, -0.25) is 0 Å². The summed E-state index contributed by atoms with van der Waals surface area (Å²) < 4.78 is 5.38. The minimum Gasteiger partial charge on any atom is -0.496 e. The molecule has 0 spiro atoms. The largest absolute Gasteiger partial charge is 0.496 e. The van der Waals surface area contributed by atoms with E-state index in [0.717, 1.165) is 34.9 Å². The number of hydrogen-bond donors (Lipinski definition) is 1. The summed E-state index contributed by atoms with van der Waals surface area (Å²) in [5, 5.41) is 12.5. The minimum atomic E-state index is -0.404. The molecule has 1 atom stereocenters. The molecule has 0 aliphatic carbocycles. The number of benzene rings is 2. The first-order valence-corrected chi connectivity index (χ1v) is 6.87. The topological polar surface area (TPSA) is 29.5 Å². The molecule has 2 nitrogen and oxygen atoms in total. The second-order valence-electron chi connectivity index (χ2n) is 5.39. The Balaban J connectivity index is 2.38. The molecule has 0 radical (unpaired) electrons. The molecule has 0 aliphatic heterocycles. The van der Waals surface area contributed by atoms with Gasteiger partial charge in [0.2, 0.25) is 0 Å². The zero-order chi connectivity index (χ0) is 13.8. The van der Waals surface area contributed by atoms with E-state index in [2.05, 4.69) is 13.8 Å². The molecule has 0 aromatic heterocycles. The van der Waals surface area contributed by atoms with Gasteiger partial charge in [0.05, 0.1) is 13.2 Å². The van der Waals surface area contributed by atoms with Gasteiger partial charge in [-0.1, -0.05) is 44.2 Å². The Morgan fingerprint density at radius 3 is 2.32 bits per heavy atom. The van der Waals surface area contributed by atoms with Gasteiger partial charge in [-0.05, 0) is 35.8 Å². The Labute approximate surface area is 115 Å². The lowest BCUT2D eigenvalue weighted by molar-refractivity contribution is 0.160. The average Bonchev–Trinajstić information content (AvgIpc) is 2.43. The molecule has 1 N–H and O–H groups in total. The molecule has 2 aromatic carbocycles. The number of aliphatic hydroxyl groups is 1. The monoisotopic (exact) mass is 258 g/mol. The summed E-state index contributed by atoms with van der Waals surface area (Å²) in [5.41, 5.74) is 0.997. The van der Waals surface area contributed by atoms with Crippen LogP contribution in [0.1, 0.15) is 38.4 Å². The van der Waals surface area contributed by atoms with E-state index in [4.69, 9.17) is 4.74 Å². The molecule has 102 valence electrons. The molecule has 2 heteroatoms. The molecule has 0 aliphatic rings. The van der Waals surface area contributed by atoms with Crippen LogP contribution in [0.2, 0.25) is 0 Å². The predicted molar refractivity (Wildman–Crippen MR) is 79.5 cm³/mol. The van der Waals surface area contributed by atoms with E-state index in [1.54, 1.807) is 7.11 Å². The van der Waals surface area contributed by atoms with Crippen molar-refractivity contribution in [1.29, 1.82) is 0 Å². The standard InChI is InChI=1S/C17H22O2/c1-12(2)8-10-16(18)14-9-11-17(19-3)15-7-5-4-6-13(14)15/h4-7,9,11-12,16,18H,8,10H2,1-3H3. The van der Waals surface area contributed by atoms with Crippen LogP contribution in [0.3, 0.4) is 0 Å². The predicted octanol–water partition coefficient (Wildman–Crippen LogP) is 4.32. The Hall–Kier alpha value is -1.54. The minimum absolute atomic E-state index is 0.404. The van der Waals surface area contributed by atoms with E-state index >= 15 is 0 Å². The molecule has 0 amide bonds. The zero-order valence-electron chi connectivity index (χ0n) is 11.9. The zero-order valence-corrected chi connectivity index (χ0v) is 11.9. The molecule has 0 saturated carbocycles. The fourth-order valence-electron chi connectivity index (χ4n) is 2.41. The van der Waals surface area contributed by atoms with Crippen LogP contribution >= 0.6 is 0 Å². The molecule has 0 saturated heterocycles. The summed E-state index contributed by atoms with van der Waals surface area (Å²) in [7, 11) is 1.68. The van der Waals surface area contributed by atoms with Gasteiger partial charge >= 0.3 is 0 Å². The lowest BCUT2D eigenvalue weighted by atomic mass is 9.95. The van der Waals surface area contributed by atoms with Crippen LogP contribution in [0.5, 0.6) is 5.75 Å². The SMILES string of the molecule is COc1ccc(C(O)CCC(C)C)c2ccccc12. The molecule has 2 rings (SSSR count). The molecular weight excluding hydrogens is 236 g/mol. The van der Waals surface area contributed by atoms with Crippen molar-refractivity contribution in [3.05, 3.63) is 42.0 Å². The Morgan fingerprint density at radius 1 is 1.00 bits per heavy atom. The highest BCUT2D eigenvalue weighted by Gasteiger charge is 2.13. The number of hydrogen-bond acceptors (Lipinski definition) is 2. The van der Waals surface area contributed by atoms with Crippen LogP contribution in [-0.2, 0) is 0 Å². The maximum Gasteiger partial charge on any atom is 0.126 e. The van der Waals surface area contributed by atoms with Gasteiger partial charge in [0.1, 0.15) is 5.75 Å². The van der Waals surface area contributed by atoms with Crippen molar-refractivity contribution in [3.63, 3.8) is 0 Å². The highest BCUT2D eigenvalue weighted by Crippen LogP contribution is 2.33. The second kappa shape index (κ2) is 6.07. The number of methoxy groups -OCH3 is 1. The van der Waals surface area contributed by atoms with Crippen molar-refractivity contribution < 1.29 is 9.84 Å². The van der Waals surface area contributed by atoms with Crippen LogP contribution in [0.15, 0.2) is 36.4 Å². The van der Waals surface area contributed by atoms with Crippen LogP contribution in [0.25, 0.3) is 10.8 Å². The van der Waals surface area contributed by atoms with E-state index in [-0.39, 0.29) is 0 Å². The van der Waals surface area contributed by atoms with Crippen molar-refractivity contribution >= 4 is 10.8 Å². The third-order valence-corrected chi connectivity index (χ3v) is 3.51. The van der Waals surface area contributed by atoms with Gasteiger partial charge < -0.3 is 9.84 Å². The third kappa shape index (κ3) is 3.07. The number of aliphatic hydroxyl groups excluding tert-OH is 1. The first-order chi connectivity index (χ1) is 9.13. The van der Waals surface area contributed by atoms with Crippen molar-refractivity contribution in [2.24, 2.45) is 5.92 Å². The summed E-state index contributed by atoms with van der Waals surface area (Å²) in [6, 6.07) is 12.0. The van der Waals surface area contributed by atoms with Crippen LogP contribution < -0.4 is 4.74 Å². The summed E-state index contributed by atoms with van der Waals surface area (Å²) in [5.74, 6) is 1.47. The highest BCUT2D eigenvalue weighted by atomic mass is 16.5. The average molecular weight is 258 g/mol. The second-order valence-corrected chi connectivity index (χ2v) is 5.39. The lowest BCUT2D eigenvalue weighted by Gasteiger charge is -2.16. The molecule has 0 heterocycles.